The largest absolute Gasteiger partial charge is 0.334 e. The van der Waals surface area contributed by atoms with Gasteiger partial charge in [-0.3, -0.25) is 4.90 Å². The summed E-state index contributed by atoms with van der Waals surface area (Å²) in [4.78, 5) is 16.6. The highest BCUT2D eigenvalue weighted by Crippen LogP contribution is 2.15. The molecule has 0 radical (unpaired) electrons. The maximum absolute atomic E-state index is 12.6. The Labute approximate surface area is 162 Å². The molecule has 0 bridgehead atoms. The summed E-state index contributed by atoms with van der Waals surface area (Å²) in [6, 6.07) is 9.80. The summed E-state index contributed by atoms with van der Waals surface area (Å²) in [7, 11) is -3.36. The van der Waals surface area contributed by atoms with Gasteiger partial charge in [0, 0.05) is 51.4 Å². The van der Waals surface area contributed by atoms with E-state index in [1.54, 1.807) is 4.90 Å². The molecule has 1 unspecified atom stereocenters. The van der Waals surface area contributed by atoms with Gasteiger partial charge < -0.3 is 10.2 Å². The van der Waals surface area contributed by atoms with Crippen LogP contribution in [0.3, 0.4) is 0 Å². The lowest BCUT2D eigenvalue weighted by atomic mass is 10.2. The van der Waals surface area contributed by atoms with Crippen molar-refractivity contribution < 1.29 is 13.2 Å². The molecule has 1 atom stereocenters. The molecule has 2 aliphatic heterocycles. The van der Waals surface area contributed by atoms with E-state index in [1.807, 2.05) is 30.3 Å². The molecule has 2 amide bonds. The van der Waals surface area contributed by atoms with E-state index in [2.05, 4.69) is 24.1 Å². The first-order valence-electron chi connectivity index (χ1n) is 9.66. The Bertz CT molecular complexity index is 731. The molecule has 7 nitrogen and oxygen atoms in total. The number of urea groups is 1. The fourth-order valence-corrected chi connectivity index (χ4v) is 5.20. The lowest BCUT2D eigenvalue weighted by Gasteiger charge is -2.34. The molecular weight excluding hydrogens is 364 g/mol. The molecule has 0 aromatic heterocycles. The Morgan fingerprint density at radius 2 is 1.78 bits per heavy atom. The average Bonchev–Trinajstić information content (AvgIpc) is 3.11. The molecule has 27 heavy (non-hydrogen) atoms. The second-order valence-electron chi connectivity index (χ2n) is 7.65. The number of benzene rings is 1. The lowest BCUT2D eigenvalue weighted by Crippen LogP contribution is -2.55. The number of hydrogen-bond donors (Lipinski definition) is 1. The predicted molar refractivity (Wildman–Crippen MR) is 106 cm³/mol. The highest BCUT2D eigenvalue weighted by atomic mass is 32.2. The van der Waals surface area contributed by atoms with E-state index >= 15 is 0 Å². The highest BCUT2D eigenvalue weighted by molar-refractivity contribution is 7.88. The fourth-order valence-electron chi connectivity index (χ4n) is 3.69. The van der Waals surface area contributed by atoms with Crippen LogP contribution < -0.4 is 5.32 Å². The topological polar surface area (TPSA) is 73.0 Å². The maximum Gasteiger partial charge on any atom is 0.317 e. The predicted octanol–water partition coefficient (Wildman–Crippen LogP) is 1.33. The van der Waals surface area contributed by atoms with Gasteiger partial charge in [-0.05, 0) is 25.8 Å². The lowest BCUT2D eigenvalue weighted by molar-refractivity contribution is 0.168. The minimum Gasteiger partial charge on any atom is -0.334 e. The SMILES string of the molecule is CC(C)N1CCC(NC(=O)N2CCN(S(=O)(=O)Cc3ccccc3)CC2)C1. The molecule has 3 rings (SSSR count). The van der Waals surface area contributed by atoms with Crippen LogP contribution in [-0.4, -0.2) is 79.9 Å². The van der Waals surface area contributed by atoms with Crippen molar-refractivity contribution in [3.63, 3.8) is 0 Å². The normalized spacial score (nSPS) is 22.3. The van der Waals surface area contributed by atoms with E-state index in [-0.39, 0.29) is 17.8 Å². The molecule has 0 saturated carbocycles. The smallest absolute Gasteiger partial charge is 0.317 e. The summed E-state index contributed by atoms with van der Waals surface area (Å²) in [6.45, 7) is 7.79. The monoisotopic (exact) mass is 394 g/mol. The van der Waals surface area contributed by atoms with Gasteiger partial charge in [-0.15, -0.1) is 0 Å². The van der Waals surface area contributed by atoms with Crippen molar-refractivity contribution in [1.82, 2.24) is 19.4 Å². The Kier molecular flexibility index (Phi) is 6.39. The number of nitrogens with one attached hydrogen (secondary N) is 1. The molecular formula is C19H30N4O3S. The first kappa shape index (κ1) is 20.1. The second-order valence-corrected chi connectivity index (χ2v) is 9.62. The first-order valence-corrected chi connectivity index (χ1v) is 11.3. The zero-order valence-corrected chi connectivity index (χ0v) is 17.0. The average molecular weight is 395 g/mol. The number of likely N-dealkylation sites (tertiary alicyclic amines) is 1. The Hall–Kier alpha value is -1.64. The van der Waals surface area contributed by atoms with Crippen molar-refractivity contribution in [2.75, 3.05) is 39.3 Å². The quantitative estimate of drug-likeness (QED) is 0.818. The van der Waals surface area contributed by atoms with Gasteiger partial charge in [-0.25, -0.2) is 13.2 Å². The Morgan fingerprint density at radius 1 is 1.11 bits per heavy atom. The van der Waals surface area contributed by atoms with Gasteiger partial charge >= 0.3 is 6.03 Å². The number of carbonyl (C=O) groups excluding carboxylic acids is 1. The third-order valence-corrected chi connectivity index (χ3v) is 7.24. The van der Waals surface area contributed by atoms with Gasteiger partial charge in [0.05, 0.1) is 5.75 Å². The van der Waals surface area contributed by atoms with Crippen LogP contribution in [0, 0.1) is 0 Å². The van der Waals surface area contributed by atoms with Gasteiger partial charge in [-0.2, -0.15) is 4.31 Å². The van der Waals surface area contributed by atoms with Gasteiger partial charge in [-0.1, -0.05) is 30.3 Å². The van der Waals surface area contributed by atoms with E-state index < -0.39 is 10.0 Å². The van der Waals surface area contributed by atoms with Gasteiger partial charge in [0.2, 0.25) is 10.0 Å². The number of carbonyl (C=O) groups is 1. The standard InChI is InChI=1S/C19H30N4O3S/c1-16(2)22-9-8-18(14-22)20-19(24)21-10-12-23(13-11-21)27(25,26)15-17-6-4-3-5-7-17/h3-7,16,18H,8-15H2,1-2H3,(H,20,24). The number of hydrogen-bond acceptors (Lipinski definition) is 4. The number of amides is 2. The molecule has 0 aliphatic carbocycles. The van der Waals surface area contributed by atoms with E-state index in [4.69, 9.17) is 0 Å². The molecule has 2 fully saturated rings. The van der Waals surface area contributed by atoms with Crippen molar-refractivity contribution in [1.29, 1.82) is 0 Å². The van der Waals surface area contributed by atoms with Crippen LogP contribution in [0.1, 0.15) is 25.8 Å². The third kappa shape index (κ3) is 5.21. The molecule has 1 aromatic carbocycles. The molecule has 2 saturated heterocycles. The number of piperazine rings is 1. The van der Waals surface area contributed by atoms with Gasteiger partial charge in [0.25, 0.3) is 0 Å². The fraction of sp³-hybridized carbons (Fsp3) is 0.632. The van der Waals surface area contributed by atoms with E-state index in [0.29, 0.717) is 32.2 Å². The van der Waals surface area contributed by atoms with E-state index in [1.165, 1.54) is 4.31 Å². The summed E-state index contributed by atoms with van der Waals surface area (Å²) < 4.78 is 26.7. The van der Waals surface area contributed by atoms with Crippen molar-refractivity contribution in [2.45, 2.75) is 38.1 Å². The Balaban J connectivity index is 1.47. The summed E-state index contributed by atoms with van der Waals surface area (Å²) in [5.41, 5.74) is 0.786. The van der Waals surface area contributed by atoms with Crippen molar-refractivity contribution in [2.24, 2.45) is 0 Å². The second kappa shape index (κ2) is 8.58. The van der Waals surface area contributed by atoms with Gasteiger partial charge in [0.1, 0.15) is 0 Å². The van der Waals surface area contributed by atoms with Crippen LogP contribution in [0.2, 0.25) is 0 Å². The molecule has 0 spiro atoms. The molecule has 2 aliphatic rings. The molecule has 1 aromatic rings. The maximum atomic E-state index is 12.6. The van der Waals surface area contributed by atoms with Gasteiger partial charge in [0.15, 0.2) is 0 Å². The van der Waals surface area contributed by atoms with Crippen LogP contribution in [-0.2, 0) is 15.8 Å². The van der Waals surface area contributed by atoms with Crippen molar-refractivity contribution in [3.8, 4) is 0 Å². The van der Waals surface area contributed by atoms with Crippen LogP contribution in [0.5, 0.6) is 0 Å². The molecule has 8 heteroatoms. The Morgan fingerprint density at radius 3 is 2.37 bits per heavy atom. The minimum atomic E-state index is -3.36. The first-order chi connectivity index (χ1) is 12.8. The number of nitrogens with zero attached hydrogens (tertiary/aromatic N) is 3. The van der Waals surface area contributed by atoms with E-state index in [0.717, 1.165) is 25.1 Å². The van der Waals surface area contributed by atoms with E-state index in [9.17, 15) is 13.2 Å². The van der Waals surface area contributed by atoms with Crippen LogP contribution in [0.15, 0.2) is 30.3 Å². The molecule has 150 valence electrons. The van der Waals surface area contributed by atoms with Crippen LogP contribution in [0.25, 0.3) is 0 Å². The summed E-state index contributed by atoms with van der Waals surface area (Å²) in [6.07, 6.45) is 0.968. The zero-order valence-electron chi connectivity index (χ0n) is 16.2. The highest BCUT2D eigenvalue weighted by Gasteiger charge is 2.31. The third-order valence-electron chi connectivity index (χ3n) is 5.39. The van der Waals surface area contributed by atoms with Crippen LogP contribution >= 0.6 is 0 Å². The van der Waals surface area contributed by atoms with Crippen molar-refractivity contribution in [3.05, 3.63) is 35.9 Å². The zero-order chi connectivity index (χ0) is 19.4. The van der Waals surface area contributed by atoms with Crippen molar-refractivity contribution >= 4 is 16.1 Å². The summed E-state index contributed by atoms with van der Waals surface area (Å²) >= 11 is 0. The number of rotatable bonds is 5. The molecule has 1 N–H and O–H groups in total. The van der Waals surface area contributed by atoms with Crippen LogP contribution in [0.4, 0.5) is 4.79 Å². The summed E-state index contributed by atoms with van der Waals surface area (Å²) in [5, 5.41) is 3.10. The molecule has 2 heterocycles. The minimum absolute atomic E-state index is 0.00709. The number of sulfonamides is 1. The summed E-state index contributed by atoms with van der Waals surface area (Å²) in [5.74, 6) is 0.00709.